The van der Waals surface area contributed by atoms with E-state index in [1.54, 1.807) is 71.5 Å². The number of oxime groups is 1. The number of amidine groups is 1. The van der Waals surface area contributed by atoms with E-state index in [0.29, 0.717) is 16.8 Å². The number of fused-ring (bicyclic) bond motifs is 6. The van der Waals surface area contributed by atoms with Crippen molar-refractivity contribution in [1.82, 2.24) is 28.4 Å². The summed E-state index contributed by atoms with van der Waals surface area (Å²) in [5, 5.41) is 16.6. The average molecular weight is 883 g/mol. The van der Waals surface area contributed by atoms with Gasteiger partial charge in [-0.1, -0.05) is 46.7 Å². The first-order valence-electron chi connectivity index (χ1n) is 19.6. The van der Waals surface area contributed by atoms with E-state index in [4.69, 9.17) is 31.8 Å². The molecule has 5 heterocycles. The monoisotopic (exact) mass is 882 g/mol. The zero-order chi connectivity index (χ0) is 45.7. The number of nitrogens with two attached hydrogens (primary N) is 1. The summed E-state index contributed by atoms with van der Waals surface area (Å²) < 4.78 is 21.6. The molecule has 64 heavy (non-hydrogen) atoms. The lowest BCUT2D eigenvalue weighted by Crippen LogP contribution is -2.18. The first-order chi connectivity index (χ1) is 30.9. The Balaban J connectivity index is 0.000000167. The van der Waals surface area contributed by atoms with Crippen molar-refractivity contribution in [3.05, 3.63) is 153 Å². The summed E-state index contributed by atoms with van der Waals surface area (Å²) in [5.74, 6) is -1.55. The maximum atomic E-state index is 12.8. The highest BCUT2D eigenvalue weighted by Crippen LogP contribution is 2.30. The van der Waals surface area contributed by atoms with Gasteiger partial charge in [0.05, 0.1) is 46.3 Å². The van der Waals surface area contributed by atoms with Crippen LogP contribution in [-0.2, 0) is 33.2 Å². The molecule has 0 aliphatic rings. The quantitative estimate of drug-likeness (QED) is 0.0314. The Labute approximate surface area is 367 Å². The summed E-state index contributed by atoms with van der Waals surface area (Å²) in [6.07, 6.45) is 0. The van der Waals surface area contributed by atoms with Gasteiger partial charge in [0, 0.05) is 59.5 Å². The predicted molar refractivity (Wildman–Crippen MR) is 241 cm³/mol. The molecule has 9 aromatic rings. The summed E-state index contributed by atoms with van der Waals surface area (Å²) in [7, 11) is 3.97. The molecule has 0 amide bonds. The number of pyridine rings is 2. The highest BCUT2D eigenvalue weighted by atomic mass is 35.5. The van der Waals surface area contributed by atoms with Crippen LogP contribution in [0.4, 0.5) is 0 Å². The van der Waals surface area contributed by atoms with Crippen molar-refractivity contribution in [3.8, 4) is 22.8 Å². The van der Waals surface area contributed by atoms with Gasteiger partial charge in [-0.3, -0.25) is 23.5 Å². The van der Waals surface area contributed by atoms with Crippen molar-refractivity contribution in [2.75, 3.05) is 13.2 Å². The van der Waals surface area contributed by atoms with Crippen LogP contribution >= 0.6 is 11.6 Å². The Morgan fingerprint density at radius 3 is 1.62 bits per heavy atom. The highest BCUT2D eigenvalue weighted by molar-refractivity contribution is 6.80. The fraction of sp³-hybridized carbons (Fsp3) is 0.130. The minimum absolute atomic E-state index is 0.0299. The second-order valence-corrected chi connectivity index (χ2v) is 14.2. The minimum atomic E-state index is -1.08. The van der Waals surface area contributed by atoms with Gasteiger partial charge < -0.3 is 34.1 Å². The summed E-state index contributed by atoms with van der Waals surface area (Å²) in [6.45, 7) is 3.70. The molecule has 0 radical (unpaired) electrons. The van der Waals surface area contributed by atoms with E-state index in [0.717, 1.165) is 49.6 Å². The summed E-state index contributed by atoms with van der Waals surface area (Å²) in [4.78, 5) is 61.2. The molecule has 0 atom stereocenters. The van der Waals surface area contributed by atoms with Gasteiger partial charge in [-0.25, -0.2) is 9.59 Å². The van der Waals surface area contributed by atoms with E-state index >= 15 is 0 Å². The van der Waals surface area contributed by atoms with Crippen molar-refractivity contribution >= 4 is 78.5 Å². The molecule has 0 bridgehead atoms. The highest BCUT2D eigenvalue weighted by Gasteiger charge is 2.19. The molecule has 17 nitrogen and oxygen atoms in total. The fourth-order valence-corrected chi connectivity index (χ4v) is 7.28. The second kappa shape index (κ2) is 18.8. The molecular weight excluding hydrogens is 844 g/mol. The van der Waals surface area contributed by atoms with Gasteiger partial charge in [-0.05, 0) is 98.2 Å². The smallest absolute Gasteiger partial charge is 0.397 e. The van der Waals surface area contributed by atoms with Crippen molar-refractivity contribution in [2.24, 2.45) is 25.0 Å². The number of carbonyl (C=O) groups excluding carboxylic acids is 3. The zero-order valence-electron chi connectivity index (χ0n) is 34.8. The van der Waals surface area contributed by atoms with Gasteiger partial charge in [0.15, 0.2) is 5.84 Å². The van der Waals surface area contributed by atoms with Crippen LogP contribution < -0.4 is 16.9 Å². The maximum absolute atomic E-state index is 12.8. The number of hydrogen-bond donors (Lipinski definition) is 2. The molecular formula is C46H39ClN8O9. The molecule has 4 aromatic carbocycles. The van der Waals surface area contributed by atoms with Gasteiger partial charge >= 0.3 is 23.1 Å². The minimum Gasteiger partial charge on any atom is -0.459 e. The largest absolute Gasteiger partial charge is 0.459 e. The molecule has 0 saturated heterocycles. The molecule has 18 heteroatoms. The molecule has 0 fully saturated rings. The standard InChI is InChI=1S/C23H18N4O4.C19H16N4O2.C4H5ClO3/c1-3-30-23(29)22-24-21(25-31-22)14-8-10-15(11-9-14)27-19(28)13-12-18-20(27)16-6-4-5-7-17(16)26(18)2;1-22-15-5-3-2-4-14(15)18-16(22)10-11-17(24)23(18)13-8-6-12(7-9-13)19(20)21-25;1-2-8-4(7)3(5)6/h4-13H,3H2,1-2H3;2-11,25H,1H3,(H2,20,21);2H2,1H3. The second-order valence-electron chi connectivity index (χ2n) is 13.9. The van der Waals surface area contributed by atoms with Crippen LogP contribution in [0.3, 0.4) is 0 Å². The number of nitrogens with zero attached hydrogens (tertiary/aromatic N) is 7. The lowest BCUT2D eigenvalue weighted by Gasteiger charge is -2.09. The molecule has 0 aliphatic heterocycles. The first-order valence-corrected chi connectivity index (χ1v) is 20.0. The number of ether oxygens (including phenoxy) is 2. The first kappa shape index (κ1) is 43.8. The van der Waals surface area contributed by atoms with Crippen LogP contribution in [0, 0.1) is 0 Å². The number of benzene rings is 4. The predicted octanol–water partition coefficient (Wildman–Crippen LogP) is 6.60. The summed E-state index contributed by atoms with van der Waals surface area (Å²) >= 11 is 4.69. The van der Waals surface area contributed by atoms with Crippen LogP contribution in [0.2, 0.25) is 0 Å². The lowest BCUT2D eigenvalue weighted by molar-refractivity contribution is -0.149. The number of hydrogen-bond acceptors (Lipinski definition) is 12. The normalized spacial score (nSPS) is 11.2. The van der Waals surface area contributed by atoms with E-state index in [1.165, 1.54) is 0 Å². The van der Waals surface area contributed by atoms with Gasteiger partial charge in [-0.15, -0.1) is 0 Å². The topological polar surface area (TPSA) is 221 Å². The number of esters is 2. The number of carbonyl (C=O) groups is 3. The number of rotatable bonds is 8. The van der Waals surface area contributed by atoms with Crippen molar-refractivity contribution in [2.45, 2.75) is 13.8 Å². The van der Waals surface area contributed by atoms with E-state index in [1.807, 2.05) is 86.9 Å². The number of para-hydroxylation sites is 2. The number of halogens is 1. The van der Waals surface area contributed by atoms with Crippen LogP contribution in [-0.4, -0.2) is 69.8 Å². The van der Waals surface area contributed by atoms with Crippen LogP contribution in [0.25, 0.3) is 66.6 Å². The number of aryl methyl sites for hydroxylation is 2. The van der Waals surface area contributed by atoms with E-state index in [9.17, 15) is 24.0 Å². The Morgan fingerprint density at radius 1 is 0.688 bits per heavy atom. The Bertz CT molecular complexity index is 3360. The van der Waals surface area contributed by atoms with Crippen molar-refractivity contribution in [3.63, 3.8) is 0 Å². The molecule has 0 saturated carbocycles. The van der Waals surface area contributed by atoms with Crippen LogP contribution in [0.5, 0.6) is 0 Å². The van der Waals surface area contributed by atoms with Gasteiger partial charge in [0.1, 0.15) is 0 Å². The molecule has 0 spiro atoms. The summed E-state index contributed by atoms with van der Waals surface area (Å²) in [6, 6.07) is 37.0. The molecule has 9 rings (SSSR count). The van der Waals surface area contributed by atoms with Crippen molar-refractivity contribution < 1.29 is 33.6 Å². The van der Waals surface area contributed by atoms with Gasteiger partial charge in [0.25, 0.3) is 11.1 Å². The third kappa shape index (κ3) is 8.47. The van der Waals surface area contributed by atoms with Crippen molar-refractivity contribution in [1.29, 1.82) is 0 Å². The third-order valence-electron chi connectivity index (χ3n) is 10.1. The van der Waals surface area contributed by atoms with Crippen LogP contribution in [0.1, 0.15) is 30.1 Å². The molecule has 324 valence electrons. The SMILES string of the molecule is CCOC(=O)C(=O)Cl.CCOC(=O)c1nc(-c2ccc(-n3c(=O)ccc4c3c3ccccc3n4C)cc2)no1.Cn1c2ccccc2c2c1ccc(=O)n2-c1ccc(/C(N)=N/O)cc1. The van der Waals surface area contributed by atoms with E-state index in [-0.39, 0.29) is 41.9 Å². The summed E-state index contributed by atoms with van der Waals surface area (Å²) in [5.41, 5.74) is 13.8. The van der Waals surface area contributed by atoms with E-state index < -0.39 is 17.2 Å². The third-order valence-corrected chi connectivity index (χ3v) is 10.3. The zero-order valence-corrected chi connectivity index (χ0v) is 35.5. The molecule has 5 aromatic heterocycles. The average Bonchev–Trinajstić information content (AvgIpc) is 4.00. The fourth-order valence-electron chi connectivity index (χ4n) is 7.22. The lowest BCUT2D eigenvalue weighted by atomic mass is 10.1. The Kier molecular flexibility index (Phi) is 12.8. The Morgan fingerprint density at radius 2 is 1.17 bits per heavy atom. The molecule has 0 unspecified atom stereocenters. The Hall–Kier alpha value is -8.31. The molecule has 0 aliphatic carbocycles. The maximum Gasteiger partial charge on any atom is 0.397 e. The number of aromatic nitrogens is 6. The van der Waals surface area contributed by atoms with Gasteiger partial charge in [-0.2, -0.15) is 4.98 Å². The van der Waals surface area contributed by atoms with Crippen LogP contribution in [0.15, 0.2) is 141 Å². The molecule has 3 N–H and O–H groups in total. The van der Waals surface area contributed by atoms with E-state index in [2.05, 4.69) is 29.2 Å². The van der Waals surface area contributed by atoms with Gasteiger partial charge in [0.2, 0.25) is 5.82 Å².